The van der Waals surface area contributed by atoms with Gasteiger partial charge in [0.05, 0.1) is 16.1 Å². The molecule has 1 aromatic rings. The third-order valence-electron chi connectivity index (χ3n) is 4.76. The quantitative estimate of drug-likeness (QED) is 0.859. The van der Waals surface area contributed by atoms with Gasteiger partial charge in [-0.05, 0) is 43.7 Å². The zero-order valence-corrected chi connectivity index (χ0v) is 12.0. The highest BCUT2D eigenvalue weighted by Crippen LogP contribution is 2.46. The summed E-state index contributed by atoms with van der Waals surface area (Å²) in [5.41, 5.74) is 0.982. The summed E-state index contributed by atoms with van der Waals surface area (Å²) in [6, 6.07) is 7.77. The molecule has 0 amide bonds. The minimum atomic E-state index is -3.02. The van der Waals surface area contributed by atoms with E-state index in [-0.39, 0.29) is 10.5 Å². The van der Waals surface area contributed by atoms with Crippen LogP contribution in [0.3, 0.4) is 0 Å². The minimum Gasteiger partial charge on any atom is -0.385 e. The second-order valence-corrected chi connectivity index (χ2v) is 8.53. The Morgan fingerprint density at radius 3 is 2.32 bits per heavy atom. The standard InChI is InChI=1S/C15H20O3S/c1-11-5-2-3-8-14(11)15(16)9-12-6-4-7-13(10-15)19(12,17)18/h2-3,5,8,12-13,16H,4,6-7,9-10H2,1H3. The van der Waals surface area contributed by atoms with Crippen molar-refractivity contribution in [1.82, 2.24) is 0 Å². The largest absolute Gasteiger partial charge is 0.385 e. The summed E-state index contributed by atoms with van der Waals surface area (Å²) < 4.78 is 24.6. The Morgan fingerprint density at radius 1 is 1.16 bits per heavy atom. The summed E-state index contributed by atoms with van der Waals surface area (Å²) in [6.45, 7) is 1.98. The number of rotatable bonds is 1. The molecule has 2 atom stereocenters. The van der Waals surface area contributed by atoms with Crippen LogP contribution >= 0.6 is 0 Å². The average Bonchev–Trinajstić information content (AvgIpc) is 2.32. The number of sulfone groups is 1. The SMILES string of the molecule is Cc1ccccc1C1(O)CC2CCCC(C1)S2(=O)=O. The van der Waals surface area contributed by atoms with Crippen molar-refractivity contribution in [2.45, 2.75) is 55.1 Å². The van der Waals surface area contributed by atoms with Crippen LogP contribution in [0.1, 0.15) is 43.2 Å². The lowest BCUT2D eigenvalue weighted by Crippen LogP contribution is -2.50. The number of fused-ring (bicyclic) bond motifs is 2. The summed E-state index contributed by atoms with van der Waals surface area (Å²) in [7, 11) is -3.02. The fraction of sp³-hybridized carbons (Fsp3) is 0.600. The first-order chi connectivity index (χ1) is 8.93. The van der Waals surface area contributed by atoms with E-state index in [4.69, 9.17) is 0 Å². The van der Waals surface area contributed by atoms with Gasteiger partial charge in [-0.2, -0.15) is 0 Å². The average molecular weight is 280 g/mol. The molecule has 2 bridgehead atoms. The third-order valence-corrected chi connectivity index (χ3v) is 7.42. The van der Waals surface area contributed by atoms with Gasteiger partial charge in [0, 0.05) is 0 Å². The van der Waals surface area contributed by atoms with Crippen molar-refractivity contribution in [3.8, 4) is 0 Å². The molecule has 1 N–H and O–H groups in total. The van der Waals surface area contributed by atoms with Crippen LogP contribution in [-0.4, -0.2) is 24.0 Å². The highest BCUT2D eigenvalue weighted by Gasteiger charge is 2.51. The van der Waals surface area contributed by atoms with E-state index in [1.807, 2.05) is 31.2 Å². The van der Waals surface area contributed by atoms with Gasteiger partial charge in [0.1, 0.15) is 0 Å². The van der Waals surface area contributed by atoms with E-state index in [1.165, 1.54) is 0 Å². The molecule has 2 unspecified atom stereocenters. The molecule has 19 heavy (non-hydrogen) atoms. The topological polar surface area (TPSA) is 54.4 Å². The Morgan fingerprint density at radius 2 is 1.74 bits per heavy atom. The van der Waals surface area contributed by atoms with Gasteiger partial charge in [0.25, 0.3) is 0 Å². The second-order valence-electron chi connectivity index (χ2n) is 6.02. The zero-order chi connectivity index (χ0) is 13.7. The van der Waals surface area contributed by atoms with Gasteiger partial charge in [-0.1, -0.05) is 30.7 Å². The minimum absolute atomic E-state index is 0.357. The van der Waals surface area contributed by atoms with Crippen LogP contribution < -0.4 is 0 Å². The number of benzene rings is 1. The lowest BCUT2D eigenvalue weighted by molar-refractivity contribution is 0.00446. The van der Waals surface area contributed by atoms with E-state index < -0.39 is 15.4 Å². The van der Waals surface area contributed by atoms with Crippen molar-refractivity contribution in [1.29, 1.82) is 0 Å². The van der Waals surface area contributed by atoms with E-state index >= 15 is 0 Å². The smallest absolute Gasteiger partial charge is 0.156 e. The maximum absolute atomic E-state index is 12.3. The molecule has 0 radical (unpaired) electrons. The van der Waals surface area contributed by atoms with Gasteiger partial charge in [-0.3, -0.25) is 0 Å². The fourth-order valence-electron chi connectivity index (χ4n) is 3.76. The maximum atomic E-state index is 12.3. The second kappa shape index (κ2) is 4.32. The van der Waals surface area contributed by atoms with Gasteiger partial charge < -0.3 is 5.11 Å². The van der Waals surface area contributed by atoms with E-state index in [0.29, 0.717) is 25.7 Å². The lowest BCUT2D eigenvalue weighted by atomic mass is 9.79. The van der Waals surface area contributed by atoms with Crippen molar-refractivity contribution >= 4 is 9.84 Å². The van der Waals surface area contributed by atoms with Crippen LogP contribution in [0.2, 0.25) is 0 Å². The zero-order valence-electron chi connectivity index (χ0n) is 11.2. The molecule has 0 aromatic heterocycles. The molecule has 104 valence electrons. The number of hydrogen-bond acceptors (Lipinski definition) is 3. The summed E-state index contributed by atoms with van der Waals surface area (Å²) >= 11 is 0. The monoisotopic (exact) mass is 280 g/mol. The molecule has 2 aliphatic heterocycles. The van der Waals surface area contributed by atoms with Crippen molar-refractivity contribution in [3.63, 3.8) is 0 Å². The molecule has 3 rings (SSSR count). The Labute approximate surface area is 114 Å². The van der Waals surface area contributed by atoms with E-state index in [0.717, 1.165) is 17.5 Å². The first kappa shape index (κ1) is 13.1. The van der Waals surface area contributed by atoms with Gasteiger partial charge in [-0.25, -0.2) is 8.42 Å². The molecule has 2 heterocycles. The normalized spacial score (nSPS) is 36.9. The highest BCUT2D eigenvalue weighted by molar-refractivity contribution is 7.92. The van der Waals surface area contributed by atoms with Crippen LogP contribution in [0.5, 0.6) is 0 Å². The Kier molecular flexibility index (Phi) is 2.98. The first-order valence-electron chi connectivity index (χ1n) is 6.95. The third kappa shape index (κ3) is 2.01. The van der Waals surface area contributed by atoms with Gasteiger partial charge >= 0.3 is 0 Å². The molecule has 2 saturated heterocycles. The summed E-state index contributed by atoms with van der Waals surface area (Å²) in [4.78, 5) is 0. The lowest BCUT2D eigenvalue weighted by Gasteiger charge is -2.44. The van der Waals surface area contributed by atoms with Crippen molar-refractivity contribution < 1.29 is 13.5 Å². The molecule has 2 aliphatic rings. The number of aryl methyl sites for hydroxylation is 1. The Balaban J connectivity index is 2.02. The first-order valence-corrected chi connectivity index (χ1v) is 8.56. The van der Waals surface area contributed by atoms with Gasteiger partial charge in [-0.15, -0.1) is 0 Å². The predicted octanol–water partition coefficient (Wildman–Crippen LogP) is 2.31. The molecule has 0 saturated carbocycles. The molecule has 3 nitrogen and oxygen atoms in total. The van der Waals surface area contributed by atoms with E-state index in [2.05, 4.69) is 0 Å². The number of aliphatic hydroxyl groups is 1. The van der Waals surface area contributed by atoms with Crippen LogP contribution in [0.15, 0.2) is 24.3 Å². The number of hydrogen-bond donors (Lipinski definition) is 1. The maximum Gasteiger partial charge on any atom is 0.156 e. The van der Waals surface area contributed by atoms with Crippen molar-refractivity contribution in [2.24, 2.45) is 0 Å². The van der Waals surface area contributed by atoms with Crippen LogP contribution in [-0.2, 0) is 15.4 Å². The molecule has 0 spiro atoms. The van der Waals surface area contributed by atoms with Crippen LogP contribution in [0.4, 0.5) is 0 Å². The molecule has 2 fully saturated rings. The van der Waals surface area contributed by atoms with Crippen LogP contribution in [0, 0.1) is 6.92 Å². The highest BCUT2D eigenvalue weighted by atomic mass is 32.2. The van der Waals surface area contributed by atoms with E-state index in [1.54, 1.807) is 0 Å². The fourth-order valence-corrected chi connectivity index (χ4v) is 6.31. The van der Waals surface area contributed by atoms with Crippen molar-refractivity contribution in [2.75, 3.05) is 0 Å². The summed E-state index contributed by atoms with van der Waals surface area (Å²) in [5, 5.41) is 10.3. The van der Waals surface area contributed by atoms with Crippen molar-refractivity contribution in [3.05, 3.63) is 35.4 Å². The molecule has 1 aromatic carbocycles. The summed E-state index contributed by atoms with van der Waals surface area (Å²) in [6.07, 6.45) is 3.09. The Bertz CT molecular complexity index is 571. The van der Waals surface area contributed by atoms with Gasteiger partial charge in [0.15, 0.2) is 9.84 Å². The summed E-state index contributed by atoms with van der Waals surface area (Å²) in [5.74, 6) is 0. The molecular formula is C15H20O3S. The molecule has 4 heteroatoms. The molecule has 0 aliphatic carbocycles. The van der Waals surface area contributed by atoms with Gasteiger partial charge in [0.2, 0.25) is 0 Å². The predicted molar refractivity (Wildman–Crippen MR) is 74.7 cm³/mol. The van der Waals surface area contributed by atoms with Crippen LogP contribution in [0.25, 0.3) is 0 Å². The Hall–Kier alpha value is -0.870. The van der Waals surface area contributed by atoms with E-state index in [9.17, 15) is 13.5 Å². The molecular weight excluding hydrogens is 260 g/mol.